The zero-order chi connectivity index (χ0) is 21.1. The molecule has 0 atom stereocenters. The number of phosphoric acid groups is 1. The standard InChI is InChI=1S/C15H20N3O7PS2/c1-4-16-28(23,24)14-10(2)18(15(27-14)17-11(3)19)9-12-5-7-13(8-6-12)25-26(20,21)22/h5-8,16H,4,9H2,1-3H3,(H2,20,21,22)/b17-15+. The van der Waals surface area contributed by atoms with E-state index in [1.165, 1.54) is 19.1 Å². The molecule has 0 saturated carbocycles. The Bertz CT molecular complexity index is 1080. The molecule has 0 aliphatic heterocycles. The summed E-state index contributed by atoms with van der Waals surface area (Å²) in [6.45, 7) is 4.97. The van der Waals surface area contributed by atoms with Gasteiger partial charge in [0.1, 0.15) is 5.75 Å². The Hall–Kier alpha value is -1.82. The third-order valence-corrected chi connectivity index (χ3v) is 7.22. The number of rotatable bonds is 7. The summed E-state index contributed by atoms with van der Waals surface area (Å²) in [5, 5.41) is 0. The van der Waals surface area contributed by atoms with Crippen molar-refractivity contribution in [1.82, 2.24) is 9.29 Å². The Morgan fingerprint density at radius 2 is 1.93 bits per heavy atom. The summed E-state index contributed by atoms with van der Waals surface area (Å²) in [6, 6.07) is 5.92. The van der Waals surface area contributed by atoms with E-state index in [4.69, 9.17) is 9.79 Å². The third kappa shape index (κ3) is 5.84. The summed E-state index contributed by atoms with van der Waals surface area (Å²) >= 11 is 0.889. The molecule has 10 nitrogen and oxygen atoms in total. The van der Waals surface area contributed by atoms with Crippen molar-refractivity contribution < 1.29 is 32.1 Å². The summed E-state index contributed by atoms with van der Waals surface area (Å²) in [6.07, 6.45) is 0. The first-order chi connectivity index (χ1) is 12.9. The van der Waals surface area contributed by atoms with Crippen LogP contribution in [-0.4, -0.2) is 35.2 Å². The minimum atomic E-state index is -4.65. The molecule has 3 N–H and O–H groups in total. The van der Waals surface area contributed by atoms with E-state index in [0.29, 0.717) is 11.3 Å². The van der Waals surface area contributed by atoms with Gasteiger partial charge in [0.25, 0.3) is 10.0 Å². The highest BCUT2D eigenvalue weighted by Crippen LogP contribution is 2.37. The average Bonchev–Trinajstić information content (AvgIpc) is 2.84. The predicted octanol–water partition coefficient (Wildman–Crippen LogP) is 1.12. The van der Waals surface area contributed by atoms with Crippen molar-refractivity contribution in [1.29, 1.82) is 0 Å². The molecule has 1 aromatic carbocycles. The first-order valence-corrected chi connectivity index (χ1v) is 11.8. The third-order valence-electron chi connectivity index (χ3n) is 3.44. The van der Waals surface area contributed by atoms with E-state index in [1.807, 2.05) is 0 Å². The van der Waals surface area contributed by atoms with Gasteiger partial charge in [-0.25, -0.2) is 17.7 Å². The van der Waals surface area contributed by atoms with E-state index in [0.717, 1.165) is 11.3 Å². The minimum absolute atomic E-state index is 0.00631. The Morgan fingerprint density at radius 3 is 2.43 bits per heavy atom. The maximum Gasteiger partial charge on any atom is 0.524 e. The van der Waals surface area contributed by atoms with Gasteiger partial charge in [-0.05, 0) is 24.6 Å². The fourth-order valence-corrected chi connectivity index (χ4v) is 5.51. The number of amides is 1. The molecule has 0 fully saturated rings. The van der Waals surface area contributed by atoms with Gasteiger partial charge >= 0.3 is 7.82 Å². The number of nitrogens with zero attached hydrogens (tertiary/aromatic N) is 2. The number of hydrogen-bond acceptors (Lipinski definition) is 6. The zero-order valence-corrected chi connectivity index (χ0v) is 17.8. The smallest absolute Gasteiger partial charge is 0.404 e. The van der Waals surface area contributed by atoms with Crippen molar-refractivity contribution in [3.63, 3.8) is 0 Å². The first kappa shape index (κ1) is 22.5. The highest BCUT2D eigenvalue weighted by molar-refractivity contribution is 7.91. The number of carbonyl (C=O) groups excluding carboxylic acids is 1. The number of sulfonamides is 1. The maximum atomic E-state index is 12.4. The van der Waals surface area contributed by atoms with Crippen molar-refractivity contribution in [2.24, 2.45) is 4.99 Å². The van der Waals surface area contributed by atoms with Gasteiger partial charge in [-0.2, -0.15) is 4.99 Å². The molecule has 154 valence electrons. The van der Waals surface area contributed by atoms with E-state index >= 15 is 0 Å². The lowest BCUT2D eigenvalue weighted by Crippen LogP contribution is -2.23. The molecule has 0 aliphatic carbocycles. The summed E-state index contributed by atoms with van der Waals surface area (Å²) in [5.74, 6) is -0.471. The monoisotopic (exact) mass is 449 g/mol. The van der Waals surface area contributed by atoms with E-state index in [2.05, 4.69) is 14.2 Å². The average molecular weight is 449 g/mol. The summed E-state index contributed by atoms with van der Waals surface area (Å²) in [4.78, 5) is 33.3. The van der Waals surface area contributed by atoms with E-state index < -0.39 is 23.8 Å². The second kappa shape index (κ2) is 8.68. The highest BCUT2D eigenvalue weighted by atomic mass is 32.2. The lowest BCUT2D eigenvalue weighted by molar-refractivity contribution is -0.116. The van der Waals surface area contributed by atoms with Gasteiger partial charge in [0.2, 0.25) is 5.91 Å². The molecule has 0 bridgehead atoms. The van der Waals surface area contributed by atoms with Crippen LogP contribution in [0.4, 0.5) is 0 Å². The lowest BCUT2D eigenvalue weighted by atomic mass is 10.2. The number of aromatic nitrogens is 1. The van der Waals surface area contributed by atoms with Crippen LogP contribution >= 0.6 is 19.2 Å². The van der Waals surface area contributed by atoms with Crippen LogP contribution in [0.25, 0.3) is 0 Å². The fraction of sp³-hybridized carbons (Fsp3) is 0.333. The molecule has 2 aromatic rings. The predicted molar refractivity (Wildman–Crippen MR) is 102 cm³/mol. The minimum Gasteiger partial charge on any atom is -0.404 e. The van der Waals surface area contributed by atoms with Gasteiger partial charge in [0, 0.05) is 19.2 Å². The molecule has 1 aromatic heterocycles. The van der Waals surface area contributed by atoms with Gasteiger partial charge in [-0.15, -0.1) is 0 Å². The van der Waals surface area contributed by atoms with Gasteiger partial charge in [0.05, 0.1) is 6.54 Å². The number of hydrogen-bond donors (Lipinski definition) is 3. The molecule has 2 rings (SSSR count). The summed E-state index contributed by atoms with van der Waals surface area (Å²) in [7, 11) is -8.38. The molecule has 0 spiro atoms. The van der Waals surface area contributed by atoms with E-state index in [9.17, 15) is 17.8 Å². The second-order valence-electron chi connectivity index (χ2n) is 5.70. The van der Waals surface area contributed by atoms with Crippen LogP contribution < -0.4 is 14.0 Å². The van der Waals surface area contributed by atoms with Crippen molar-refractivity contribution in [2.45, 2.75) is 31.5 Å². The topological polar surface area (TPSA) is 147 Å². The summed E-state index contributed by atoms with van der Waals surface area (Å²) in [5.41, 5.74) is 1.11. The maximum absolute atomic E-state index is 12.4. The van der Waals surface area contributed by atoms with Gasteiger partial charge in [-0.1, -0.05) is 30.4 Å². The quantitative estimate of drug-likeness (QED) is 0.537. The fourth-order valence-electron chi connectivity index (χ4n) is 2.35. The molecule has 13 heteroatoms. The van der Waals surface area contributed by atoms with Gasteiger partial charge in [-0.3, -0.25) is 14.6 Å². The van der Waals surface area contributed by atoms with Crippen LogP contribution in [0.15, 0.2) is 33.5 Å². The number of thiazole rings is 1. The van der Waals surface area contributed by atoms with Crippen LogP contribution in [-0.2, 0) is 25.9 Å². The van der Waals surface area contributed by atoms with Crippen molar-refractivity contribution in [2.75, 3.05) is 6.54 Å². The van der Waals surface area contributed by atoms with Crippen LogP contribution in [0.5, 0.6) is 5.75 Å². The molecule has 28 heavy (non-hydrogen) atoms. The number of phosphoric ester groups is 1. The molecule has 0 unspecified atom stereocenters. The molecule has 1 amide bonds. The van der Waals surface area contributed by atoms with Crippen LogP contribution in [0, 0.1) is 6.92 Å². The van der Waals surface area contributed by atoms with Crippen molar-refractivity contribution >= 4 is 35.1 Å². The number of benzene rings is 1. The largest absolute Gasteiger partial charge is 0.524 e. The van der Waals surface area contributed by atoms with Crippen molar-refractivity contribution in [3.8, 4) is 5.75 Å². The Balaban J connectivity index is 2.46. The van der Waals surface area contributed by atoms with E-state index in [-0.39, 0.29) is 27.8 Å². The molecule has 0 aliphatic rings. The van der Waals surface area contributed by atoms with Gasteiger partial charge in [0.15, 0.2) is 9.01 Å². The molecule has 0 radical (unpaired) electrons. The highest BCUT2D eigenvalue weighted by Gasteiger charge is 2.22. The zero-order valence-electron chi connectivity index (χ0n) is 15.3. The number of nitrogens with one attached hydrogen (secondary N) is 1. The van der Waals surface area contributed by atoms with Crippen LogP contribution in [0.3, 0.4) is 0 Å². The molecular weight excluding hydrogens is 429 g/mol. The molecule has 0 saturated heterocycles. The Morgan fingerprint density at radius 1 is 1.32 bits per heavy atom. The van der Waals surface area contributed by atoms with Crippen LogP contribution in [0.1, 0.15) is 25.1 Å². The molecule has 1 heterocycles. The summed E-state index contributed by atoms with van der Waals surface area (Å²) < 4.78 is 44.3. The van der Waals surface area contributed by atoms with Crippen LogP contribution in [0.2, 0.25) is 0 Å². The normalized spacial score (nSPS) is 13.0. The van der Waals surface area contributed by atoms with E-state index in [1.54, 1.807) is 30.5 Å². The Kier molecular flexibility index (Phi) is 6.97. The van der Waals surface area contributed by atoms with Crippen molar-refractivity contribution in [3.05, 3.63) is 40.3 Å². The first-order valence-electron chi connectivity index (χ1n) is 8.02. The second-order valence-corrected chi connectivity index (χ2v) is 9.81. The van der Waals surface area contributed by atoms with Gasteiger partial charge < -0.3 is 9.09 Å². The Labute approximate surface area is 165 Å². The SMILES string of the molecule is CCNS(=O)(=O)c1s/c(=N/C(C)=O)n(Cc2ccc(OP(=O)(O)O)cc2)c1C. The number of carbonyl (C=O) groups is 1. The molecular formula is C15H20N3O7PS2. The lowest BCUT2D eigenvalue weighted by Gasteiger charge is -2.10.